The van der Waals surface area contributed by atoms with Crippen LogP contribution in [0.4, 0.5) is 0 Å². The molecule has 0 bridgehead atoms. The minimum absolute atomic E-state index is 0.181. The highest BCUT2D eigenvalue weighted by atomic mass is 16.5. The van der Waals surface area contributed by atoms with E-state index in [9.17, 15) is 4.79 Å². The summed E-state index contributed by atoms with van der Waals surface area (Å²) in [4.78, 5) is 11.5. The average molecular weight is 206 g/mol. The number of carbonyl (C=O) groups is 1. The summed E-state index contributed by atoms with van der Waals surface area (Å²) in [6.45, 7) is 6.64. The van der Waals surface area contributed by atoms with Gasteiger partial charge in [-0.25, -0.2) is 0 Å². The molecule has 0 atom stereocenters. The minimum atomic E-state index is 0.181. The summed E-state index contributed by atoms with van der Waals surface area (Å²) in [5, 5.41) is 0. The molecule has 0 aromatic heterocycles. The van der Waals surface area contributed by atoms with Crippen molar-refractivity contribution in [2.45, 2.75) is 33.6 Å². The summed E-state index contributed by atoms with van der Waals surface area (Å²) >= 11 is 0. The highest BCUT2D eigenvalue weighted by Crippen LogP contribution is 2.20. The summed E-state index contributed by atoms with van der Waals surface area (Å²) in [6.07, 6.45) is 1.55. The van der Waals surface area contributed by atoms with Gasteiger partial charge < -0.3 is 4.74 Å². The Morgan fingerprint density at radius 1 is 1.33 bits per heavy atom. The van der Waals surface area contributed by atoms with Gasteiger partial charge in [0.15, 0.2) is 5.78 Å². The van der Waals surface area contributed by atoms with Gasteiger partial charge in [0.05, 0.1) is 6.61 Å². The van der Waals surface area contributed by atoms with E-state index in [1.54, 1.807) is 0 Å². The third kappa shape index (κ3) is 3.08. The van der Waals surface area contributed by atoms with Gasteiger partial charge >= 0.3 is 0 Å². The Kier molecular flexibility index (Phi) is 4.35. The largest absolute Gasteiger partial charge is 0.493 e. The maximum Gasteiger partial charge on any atom is 0.162 e. The quantitative estimate of drug-likeness (QED) is 0.690. The highest BCUT2D eigenvalue weighted by Gasteiger charge is 2.05. The number of benzene rings is 1. The molecule has 0 aliphatic rings. The first-order valence-electron chi connectivity index (χ1n) is 5.45. The van der Waals surface area contributed by atoms with Gasteiger partial charge in [0.25, 0.3) is 0 Å². The van der Waals surface area contributed by atoms with Crippen molar-refractivity contribution < 1.29 is 9.53 Å². The Balaban J connectivity index is 2.83. The van der Waals surface area contributed by atoms with Crippen LogP contribution in [0, 0.1) is 6.92 Å². The molecule has 0 saturated carbocycles. The van der Waals surface area contributed by atoms with E-state index in [0.29, 0.717) is 6.42 Å². The summed E-state index contributed by atoms with van der Waals surface area (Å²) in [5.74, 6) is 1.06. The van der Waals surface area contributed by atoms with E-state index in [1.807, 2.05) is 32.0 Å². The second-order valence-electron chi connectivity index (χ2n) is 3.61. The van der Waals surface area contributed by atoms with Crippen LogP contribution in [0.25, 0.3) is 0 Å². The molecule has 1 aromatic carbocycles. The van der Waals surface area contributed by atoms with Crippen LogP contribution in [0.1, 0.15) is 42.6 Å². The molecule has 15 heavy (non-hydrogen) atoms. The Morgan fingerprint density at radius 3 is 2.60 bits per heavy atom. The van der Waals surface area contributed by atoms with E-state index in [4.69, 9.17) is 4.74 Å². The molecule has 0 amide bonds. The first-order valence-corrected chi connectivity index (χ1v) is 5.45. The number of ketones is 1. The van der Waals surface area contributed by atoms with Crippen molar-refractivity contribution in [2.75, 3.05) is 6.61 Å². The third-order valence-electron chi connectivity index (χ3n) is 2.28. The summed E-state index contributed by atoms with van der Waals surface area (Å²) in [5.41, 5.74) is 1.81. The van der Waals surface area contributed by atoms with Gasteiger partial charge in [-0.2, -0.15) is 0 Å². The Morgan fingerprint density at radius 2 is 2.07 bits per heavy atom. The monoisotopic (exact) mass is 206 g/mol. The number of carbonyl (C=O) groups excluding carboxylic acids is 1. The van der Waals surface area contributed by atoms with Crippen molar-refractivity contribution in [3.05, 3.63) is 29.3 Å². The van der Waals surface area contributed by atoms with Crippen LogP contribution in [0.15, 0.2) is 18.2 Å². The van der Waals surface area contributed by atoms with E-state index < -0.39 is 0 Å². The Hall–Kier alpha value is -1.31. The zero-order valence-electron chi connectivity index (χ0n) is 9.67. The van der Waals surface area contributed by atoms with Crippen LogP contribution in [-0.2, 0) is 0 Å². The lowest BCUT2D eigenvalue weighted by atomic mass is 10.1. The fourth-order valence-corrected chi connectivity index (χ4v) is 1.40. The fraction of sp³-hybridized carbons (Fsp3) is 0.462. The second kappa shape index (κ2) is 5.54. The van der Waals surface area contributed by atoms with E-state index in [1.165, 1.54) is 0 Å². The van der Waals surface area contributed by atoms with Crippen molar-refractivity contribution in [3.8, 4) is 5.75 Å². The number of ether oxygens (including phenoxy) is 1. The van der Waals surface area contributed by atoms with Gasteiger partial charge in [-0.05, 0) is 37.1 Å². The molecular formula is C13H18O2. The third-order valence-corrected chi connectivity index (χ3v) is 2.28. The lowest BCUT2D eigenvalue weighted by molar-refractivity contribution is 0.0988. The number of hydrogen-bond donors (Lipinski definition) is 0. The molecule has 1 rings (SSSR count). The molecule has 0 fully saturated rings. The minimum Gasteiger partial charge on any atom is -0.493 e. The van der Waals surface area contributed by atoms with Gasteiger partial charge in [0, 0.05) is 12.0 Å². The predicted molar refractivity (Wildman–Crippen MR) is 61.6 cm³/mol. The van der Waals surface area contributed by atoms with Crippen LogP contribution in [-0.4, -0.2) is 12.4 Å². The maximum absolute atomic E-state index is 11.5. The number of aryl methyl sites for hydroxylation is 1. The van der Waals surface area contributed by atoms with Crippen molar-refractivity contribution in [1.29, 1.82) is 0 Å². The van der Waals surface area contributed by atoms with E-state index >= 15 is 0 Å². The van der Waals surface area contributed by atoms with Crippen molar-refractivity contribution in [2.24, 2.45) is 0 Å². The van der Waals surface area contributed by atoms with Crippen molar-refractivity contribution in [1.82, 2.24) is 0 Å². The van der Waals surface area contributed by atoms with Crippen LogP contribution >= 0.6 is 0 Å². The molecule has 0 radical (unpaired) electrons. The molecule has 0 aliphatic heterocycles. The van der Waals surface area contributed by atoms with E-state index in [-0.39, 0.29) is 5.78 Å². The van der Waals surface area contributed by atoms with Gasteiger partial charge in [-0.3, -0.25) is 4.79 Å². The van der Waals surface area contributed by atoms with Crippen LogP contribution in [0.5, 0.6) is 5.75 Å². The van der Waals surface area contributed by atoms with Gasteiger partial charge in [-0.1, -0.05) is 13.8 Å². The number of Topliss-reactive ketones (excluding diaryl/α,β-unsaturated/α-hetero) is 1. The second-order valence-corrected chi connectivity index (χ2v) is 3.61. The summed E-state index contributed by atoms with van der Waals surface area (Å²) in [7, 11) is 0. The van der Waals surface area contributed by atoms with Crippen LogP contribution in [0.2, 0.25) is 0 Å². The molecule has 0 aliphatic carbocycles. The van der Waals surface area contributed by atoms with Crippen LogP contribution in [0.3, 0.4) is 0 Å². The fourth-order valence-electron chi connectivity index (χ4n) is 1.40. The molecule has 0 saturated heterocycles. The lowest BCUT2D eigenvalue weighted by Gasteiger charge is -2.09. The zero-order valence-corrected chi connectivity index (χ0v) is 9.67. The van der Waals surface area contributed by atoms with Gasteiger partial charge in [-0.15, -0.1) is 0 Å². The SMILES string of the molecule is CCCOc1ccc(C(=O)CC)cc1C. The zero-order chi connectivity index (χ0) is 11.3. The number of rotatable bonds is 5. The van der Waals surface area contributed by atoms with Crippen molar-refractivity contribution >= 4 is 5.78 Å². The Bertz CT molecular complexity index is 342. The van der Waals surface area contributed by atoms with Crippen molar-refractivity contribution in [3.63, 3.8) is 0 Å². The molecule has 0 heterocycles. The normalized spacial score (nSPS) is 10.1. The van der Waals surface area contributed by atoms with Crippen LogP contribution < -0.4 is 4.74 Å². The van der Waals surface area contributed by atoms with E-state index in [0.717, 1.165) is 29.9 Å². The molecule has 1 aromatic rings. The smallest absolute Gasteiger partial charge is 0.162 e. The standard InChI is InChI=1S/C13H18O2/c1-4-8-15-13-7-6-11(9-10(13)3)12(14)5-2/h6-7,9H,4-5,8H2,1-3H3. The first kappa shape index (κ1) is 11.8. The molecule has 0 spiro atoms. The van der Waals surface area contributed by atoms with Gasteiger partial charge in [0.1, 0.15) is 5.75 Å². The molecule has 2 nitrogen and oxygen atoms in total. The molecule has 0 unspecified atom stereocenters. The summed E-state index contributed by atoms with van der Waals surface area (Å²) < 4.78 is 5.54. The summed E-state index contributed by atoms with van der Waals surface area (Å²) in [6, 6.07) is 5.62. The highest BCUT2D eigenvalue weighted by molar-refractivity contribution is 5.96. The van der Waals surface area contributed by atoms with E-state index in [2.05, 4.69) is 6.92 Å². The molecule has 82 valence electrons. The maximum atomic E-state index is 11.5. The number of hydrogen-bond acceptors (Lipinski definition) is 2. The molecular weight excluding hydrogens is 188 g/mol. The average Bonchev–Trinajstić information content (AvgIpc) is 2.26. The molecule has 0 N–H and O–H groups in total. The molecule has 2 heteroatoms. The Labute approximate surface area is 91.3 Å². The van der Waals surface area contributed by atoms with Gasteiger partial charge in [0.2, 0.25) is 0 Å². The topological polar surface area (TPSA) is 26.3 Å². The lowest BCUT2D eigenvalue weighted by Crippen LogP contribution is -2.00. The predicted octanol–water partition coefficient (Wildman–Crippen LogP) is 3.38. The first-order chi connectivity index (χ1) is 7.19.